The summed E-state index contributed by atoms with van der Waals surface area (Å²) in [5, 5.41) is 7.26. The lowest BCUT2D eigenvalue weighted by molar-refractivity contribution is 0.412. The predicted molar refractivity (Wildman–Crippen MR) is 89.2 cm³/mol. The number of para-hydroxylation sites is 2. The highest BCUT2D eigenvalue weighted by molar-refractivity contribution is 7.71. The monoisotopic (exact) mass is 311 g/mol. The van der Waals surface area contributed by atoms with Gasteiger partial charge in [-0.05, 0) is 36.3 Å². The minimum atomic E-state index is 0.576. The van der Waals surface area contributed by atoms with Gasteiger partial charge >= 0.3 is 0 Å². The van der Waals surface area contributed by atoms with Crippen LogP contribution in [-0.2, 0) is 12.8 Å². The summed E-state index contributed by atoms with van der Waals surface area (Å²) in [6.07, 6.45) is 1.71. The molecule has 1 N–H and O–H groups in total. The van der Waals surface area contributed by atoms with E-state index >= 15 is 0 Å². The zero-order valence-electron chi connectivity index (χ0n) is 12.3. The number of nitrogens with one attached hydrogen (secondary N) is 1. The average molecular weight is 311 g/mol. The van der Waals surface area contributed by atoms with E-state index in [0.717, 1.165) is 30.1 Å². The molecule has 0 aliphatic rings. The average Bonchev–Trinajstić information content (AvgIpc) is 2.94. The van der Waals surface area contributed by atoms with Crippen molar-refractivity contribution < 1.29 is 4.74 Å². The van der Waals surface area contributed by atoms with Crippen LogP contribution in [0, 0.1) is 4.77 Å². The highest BCUT2D eigenvalue weighted by Gasteiger charge is 2.12. The third kappa shape index (κ3) is 2.94. The molecular weight excluding hydrogens is 294 g/mol. The minimum absolute atomic E-state index is 0.576. The molecule has 22 heavy (non-hydrogen) atoms. The van der Waals surface area contributed by atoms with Crippen molar-refractivity contribution in [1.82, 2.24) is 14.8 Å². The van der Waals surface area contributed by atoms with Crippen LogP contribution in [0.15, 0.2) is 54.6 Å². The number of rotatable bonds is 5. The Bertz CT molecular complexity index is 808. The molecule has 0 amide bonds. The second-order valence-electron chi connectivity index (χ2n) is 4.94. The van der Waals surface area contributed by atoms with E-state index < -0.39 is 0 Å². The van der Waals surface area contributed by atoms with Gasteiger partial charge in [0.25, 0.3) is 0 Å². The molecule has 1 heterocycles. The van der Waals surface area contributed by atoms with Crippen molar-refractivity contribution in [1.29, 1.82) is 0 Å². The summed E-state index contributed by atoms with van der Waals surface area (Å²) in [6.45, 7) is 0. The van der Waals surface area contributed by atoms with E-state index in [0.29, 0.717) is 4.77 Å². The van der Waals surface area contributed by atoms with Gasteiger partial charge in [-0.3, -0.25) is 9.67 Å². The molecule has 0 aliphatic heterocycles. The van der Waals surface area contributed by atoms with Gasteiger partial charge in [0.15, 0.2) is 4.77 Å². The molecule has 0 unspecified atom stereocenters. The fourth-order valence-corrected chi connectivity index (χ4v) is 2.71. The summed E-state index contributed by atoms with van der Waals surface area (Å²) < 4.78 is 7.95. The lowest BCUT2D eigenvalue weighted by Crippen LogP contribution is -2.05. The summed E-state index contributed by atoms with van der Waals surface area (Å²) in [5.74, 6) is 1.68. The van der Waals surface area contributed by atoms with E-state index in [1.165, 1.54) is 5.56 Å². The maximum atomic E-state index is 5.43. The van der Waals surface area contributed by atoms with Gasteiger partial charge in [0.05, 0.1) is 12.8 Å². The van der Waals surface area contributed by atoms with Crippen molar-refractivity contribution in [2.75, 3.05) is 7.11 Å². The largest absolute Gasteiger partial charge is 0.495 e. The van der Waals surface area contributed by atoms with E-state index in [4.69, 9.17) is 17.0 Å². The normalized spacial score (nSPS) is 10.6. The number of H-pyrrole nitrogens is 1. The zero-order chi connectivity index (χ0) is 15.4. The van der Waals surface area contributed by atoms with Crippen molar-refractivity contribution in [2.24, 2.45) is 0 Å². The van der Waals surface area contributed by atoms with E-state index in [1.807, 2.05) is 47.0 Å². The number of ether oxygens (including phenoxy) is 1. The van der Waals surface area contributed by atoms with E-state index in [1.54, 1.807) is 7.11 Å². The second-order valence-corrected chi connectivity index (χ2v) is 5.32. The molecule has 0 bridgehead atoms. The molecule has 0 spiro atoms. The SMILES string of the molecule is COc1ccccc1-n1c(CCc2ccccc2)n[nH]c1=S. The molecule has 0 atom stereocenters. The molecule has 1 aromatic heterocycles. The first kappa shape index (κ1) is 14.5. The van der Waals surface area contributed by atoms with Gasteiger partial charge in [-0.1, -0.05) is 42.5 Å². The number of aromatic amines is 1. The quantitative estimate of drug-likeness (QED) is 0.730. The molecule has 3 aromatic rings. The van der Waals surface area contributed by atoms with Crippen molar-refractivity contribution in [3.63, 3.8) is 0 Å². The Balaban J connectivity index is 1.93. The number of benzene rings is 2. The number of hydrogen-bond donors (Lipinski definition) is 1. The first-order chi connectivity index (χ1) is 10.8. The highest BCUT2D eigenvalue weighted by atomic mass is 32.1. The molecule has 112 valence electrons. The zero-order valence-corrected chi connectivity index (χ0v) is 13.1. The molecule has 0 aliphatic carbocycles. The van der Waals surface area contributed by atoms with Gasteiger partial charge in [0.1, 0.15) is 11.6 Å². The van der Waals surface area contributed by atoms with Crippen LogP contribution in [0.25, 0.3) is 5.69 Å². The molecule has 0 radical (unpaired) electrons. The number of nitrogens with zero attached hydrogens (tertiary/aromatic N) is 2. The van der Waals surface area contributed by atoms with Crippen molar-refractivity contribution in [3.05, 3.63) is 70.8 Å². The standard InChI is InChI=1S/C17H17N3OS/c1-21-15-10-6-5-9-14(15)20-16(18-19-17(20)22)12-11-13-7-3-2-4-8-13/h2-10H,11-12H2,1H3,(H,19,22). The Morgan fingerprint density at radius 2 is 1.77 bits per heavy atom. The van der Waals surface area contributed by atoms with Crippen molar-refractivity contribution in [2.45, 2.75) is 12.8 Å². The van der Waals surface area contributed by atoms with E-state index in [9.17, 15) is 0 Å². The van der Waals surface area contributed by atoms with E-state index in [-0.39, 0.29) is 0 Å². The van der Waals surface area contributed by atoms with Crippen LogP contribution in [0.3, 0.4) is 0 Å². The van der Waals surface area contributed by atoms with Gasteiger partial charge in [0, 0.05) is 6.42 Å². The number of methoxy groups -OCH3 is 1. The lowest BCUT2D eigenvalue weighted by Gasteiger charge is -2.11. The Morgan fingerprint density at radius 3 is 2.55 bits per heavy atom. The fraction of sp³-hybridized carbons (Fsp3) is 0.176. The van der Waals surface area contributed by atoms with Crippen LogP contribution in [0.2, 0.25) is 0 Å². The Labute approximate surface area is 134 Å². The highest BCUT2D eigenvalue weighted by Crippen LogP contribution is 2.23. The van der Waals surface area contributed by atoms with Crippen LogP contribution in [0.4, 0.5) is 0 Å². The summed E-state index contributed by atoms with van der Waals surface area (Å²) in [6, 6.07) is 18.2. The van der Waals surface area contributed by atoms with Gasteiger partial charge in [-0.2, -0.15) is 5.10 Å². The van der Waals surface area contributed by atoms with Crippen molar-refractivity contribution in [3.8, 4) is 11.4 Å². The predicted octanol–water partition coefficient (Wildman–Crippen LogP) is 3.72. The Kier molecular flexibility index (Phi) is 4.34. The third-order valence-corrected chi connectivity index (χ3v) is 3.82. The minimum Gasteiger partial charge on any atom is -0.495 e. The fourth-order valence-electron chi connectivity index (χ4n) is 2.46. The van der Waals surface area contributed by atoms with Crippen molar-refractivity contribution >= 4 is 12.2 Å². The van der Waals surface area contributed by atoms with Crippen LogP contribution in [0.1, 0.15) is 11.4 Å². The summed E-state index contributed by atoms with van der Waals surface area (Å²) in [7, 11) is 1.66. The Morgan fingerprint density at radius 1 is 1.05 bits per heavy atom. The van der Waals surface area contributed by atoms with Gasteiger partial charge in [0.2, 0.25) is 0 Å². The molecule has 0 fully saturated rings. The lowest BCUT2D eigenvalue weighted by atomic mass is 10.1. The molecule has 0 saturated heterocycles. The van der Waals surface area contributed by atoms with Gasteiger partial charge in [-0.25, -0.2) is 0 Å². The molecule has 5 heteroatoms. The molecular formula is C17H17N3OS. The molecule has 4 nitrogen and oxygen atoms in total. The number of hydrogen-bond acceptors (Lipinski definition) is 3. The smallest absolute Gasteiger partial charge is 0.199 e. The van der Waals surface area contributed by atoms with Crippen LogP contribution in [-0.4, -0.2) is 21.9 Å². The maximum absolute atomic E-state index is 5.43. The van der Waals surface area contributed by atoms with E-state index in [2.05, 4.69) is 22.3 Å². The Hall–Kier alpha value is -2.40. The summed E-state index contributed by atoms with van der Waals surface area (Å²) in [5.41, 5.74) is 2.19. The van der Waals surface area contributed by atoms with Crippen LogP contribution < -0.4 is 4.74 Å². The first-order valence-electron chi connectivity index (χ1n) is 7.13. The molecule has 0 saturated carbocycles. The summed E-state index contributed by atoms with van der Waals surface area (Å²) >= 11 is 5.38. The van der Waals surface area contributed by atoms with Crippen LogP contribution >= 0.6 is 12.2 Å². The first-order valence-corrected chi connectivity index (χ1v) is 7.54. The molecule has 2 aromatic carbocycles. The number of aromatic nitrogens is 3. The number of aryl methyl sites for hydroxylation is 2. The summed E-state index contributed by atoms with van der Waals surface area (Å²) in [4.78, 5) is 0. The van der Waals surface area contributed by atoms with Gasteiger partial charge < -0.3 is 4.74 Å². The molecule has 3 rings (SSSR count). The maximum Gasteiger partial charge on any atom is 0.199 e. The third-order valence-electron chi connectivity index (χ3n) is 3.55. The second kappa shape index (κ2) is 6.58. The van der Waals surface area contributed by atoms with Gasteiger partial charge in [-0.15, -0.1) is 0 Å². The topological polar surface area (TPSA) is 42.8 Å². The van der Waals surface area contributed by atoms with Crippen LogP contribution in [0.5, 0.6) is 5.75 Å².